The normalized spacial score (nSPS) is 11.2. The van der Waals surface area contributed by atoms with Gasteiger partial charge in [-0.2, -0.15) is 0 Å². The van der Waals surface area contributed by atoms with E-state index in [9.17, 15) is 4.79 Å². The molecule has 1 amide bonds. The third kappa shape index (κ3) is 3.67. The van der Waals surface area contributed by atoms with Gasteiger partial charge in [-0.1, -0.05) is 32.9 Å². The van der Waals surface area contributed by atoms with Crippen molar-refractivity contribution in [1.29, 1.82) is 0 Å². The molecule has 0 unspecified atom stereocenters. The van der Waals surface area contributed by atoms with Crippen LogP contribution in [-0.4, -0.2) is 5.91 Å². The van der Waals surface area contributed by atoms with Crippen LogP contribution in [0.2, 0.25) is 0 Å². The fourth-order valence-corrected chi connectivity index (χ4v) is 1.95. The molecule has 2 rings (SSSR count). The third-order valence-electron chi connectivity index (χ3n) is 3.24. The highest BCUT2D eigenvalue weighted by Gasteiger charge is 2.14. The minimum Gasteiger partial charge on any atom is -0.348 e. The molecule has 0 aliphatic heterocycles. The molecule has 1 aromatic carbocycles. The number of hydrogen-bond donors (Lipinski definition) is 1. The van der Waals surface area contributed by atoms with Crippen molar-refractivity contribution in [3.8, 4) is 0 Å². The van der Waals surface area contributed by atoms with Crippen molar-refractivity contribution in [3.63, 3.8) is 0 Å². The standard InChI is InChI=1S/C17H20N2O/c1-17(2,3)15-8-6-14(7-9-15)16(20)19-12-13-5-4-10-18-11-13/h4-11H,12H2,1-3H3,(H,19,20)/p+1. The Balaban J connectivity index is 1.99. The van der Waals surface area contributed by atoms with Gasteiger partial charge in [-0.25, -0.2) is 4.98 Å². The minimum absolute atomic E-state index is 0.0469. The van der Waals surface area contributed by atoms with E-state index in [0.29, 0.717) is 12.1 Å². The van der Waals surface area contributed by atoms with Crippen LogP contribution in [0.1, 0.15) is 42.3 Å². The molecule has 0 spiro atoms. The second-order valence-electron chi connectivity index (χ2n) is 5.92. The maximum Gasteiger partial charge on any atom is 0.251 e. The molecular weight excluding hydrogens is 248 g/mol. The molecule has 2 N–H and O–H groups in total. The van der Waals surface area contributed by atoms with Crippen LogP contribution in [0, 0.1) is 0 Å². The van der Waals surface area contributed by atoms with Gasteiger partial charge in [0.15, 0.2) is 12.4 Å². The predicted molar refractivity (Wildman–Crippen MR) is 79.3 cm³/mol. The second kappa shape index (κ2) is 5.87. The first-order chi connectivity index (χ1) is 9.47. The molecule has 0 fully saturated rings. The molecule has 3 heteroatoms. The molecule has 0 aliphatic rings. The van der Waals surface area contributed by atoms with Gasteiger partial charge in [0.2, 0.25) is 0 Å². The maximum atomic E-state index is 12.1. The van der Waals surface area contributed by atoms with Gasteiger partial charge in [0.05, 0.1) is 0 Å². The van der Waals surface area contributed by atoms with Crippen molar-refractivity contribution in [1.82, 2.24) is 5.32 Å². The Morgan fingerprint density at radius 1 is 1.15 bits per heavy atom. The summed E-state index contributed by atoms with van der Waals surface area (Å²) in [5.74, 6) is -0.0469. The fraction of sp³-hybridized carbons (Fsp3) is 0.294. The zero-order valence-electron chi connectivity index (χ0n) is 12.2. The summed E-state index contributed by atoms with van der Waals surface area (Å²) in [5.41, 5.74) is 3.08. The van der Waals surface area contributed by atoms with Crippen molar-refractivity contribution < 1.29 is 9.78 Å². The Morgan fingerprint density at radius 2 is 1.85 bits per heavy atom. The highest BCUT2D eigenvalue weighted by atomic mass is 16.1. The van der Waals surface area contributed by atoms with E-state index in [4.69, 9.17) is 0 Å². The van der Waals surface area contributed by atoms with Gasteiger partial charge < -0.3 is 5.32 Å². The lowest BCUT2D eigenvalue weighted by molar-refractivity contribution is -0.378. The number of carbonyl (C=O) groups excluding carboxylic acids is 1. The van der Waals surface area contributed by atoms with Gasteiger partial charge in [-0.15, -0.1) is 0 Å². The van der Waals surface area contributed by atoms with Gasteiger partial charge in [-0.3, -0.25) is 4.79 Å². The van der Waals surface area contributed by atoms with Crippen LogP contribution in [0.25, 0.3) is 0 Å². The van der Waals surface area contributed by atoms with Crippen molar-refractivity contribution in [3.05, 3.63) is 65.5 Å². The van der Waals surface area contributed by atoms with Crippen LogP contribution in [0.5, 0.6) is 0 Å². The predicted octanol–water partition coefficient (Wildman–Crippen LogP) is 2.73. The number of pyridine rings is 1. The Morgan fingerprint density at radius 3 is 2.40 bits per heavy atom. The molecule has 104 valence electrons. The van der Waals surface area contributed by atoms with E-state index in [2.05, 4.69) is 31.1 Å². The Bertz CT molecular complexity index is 568. The van der Waals surface area contributed by atoms with E-state index in [1.54, 1.807) is 0 Å². The molecule has 3 nitrogen and oxygen atoms in total. The van der Waals surface area contributed by atoms with Crippen molar-refractivity contribution in [2.24, 2.45) is 0 Å². The van der Waals surface area contributed by atoms with E-state index < -0.39 is 0 Å². The Hall–Kier alpha value is -2.16. The summed E-state index contributed by atoms with van der Waals surface area (Å²) in [6.45, 7) is 7.01. The smallest absolute Gasteiger partial charge is 0.251 e. The average Bonchev–Trinajstić information content (AvgIpc) is 2.45. The molecule has 20 heavy (non-hydrogen) atoms. The van der Waals surface area contributed by atoms with Gasteiger partial charge in [0.1, 0.15) is 0 Å². The summed E-state index contributed by atoms with van der Waals surface area (Å²) >= 11 is 0. The molecule has 0 bridgehead atoms. The first kappa shape index (κ1) is 14.3. The van der Waals surface area contributed by atoms with Crippen LogP contribution in [0.15, 0.2) is 48.8 Å². The van der Waals surface area contributed by atoms with Crippen LogP contribution in [0.3, 0.4) is 0 Å². The monoisotopic (exact) mass is 269 g/mol. The van der Waals surface area contributed by atoms with E-state index in [1.165, 1.54) is 5.56 Å². The number of amides is 1. The molecule has 1 heterocycles. The van der Waals surface area contributed by atoms with Crippen molar-refractivity contribution in [2.75, 3.05) is 0 Å². The molecular formula is C17H21N2O+. The Labute approximate surface area is 120 Å². The van der Waals surface area contributed by atoms with Crippen LogP contribution < -0.4 is 10.3 Å². The number of hydrogen-bond acceptors (Lipinski definition) is 1. The molecule has 0 saturated carbocycles. The Kier molecular flexibility index (Phi) is 4.18. The zero-order valence-corrected chi connectivity index (χ0v) is 12.2. The highest BCUT2D eigenvalue weighted by molar-refractivity contribution is 5.94. The topological polar surface area (TPSA) is 43.2 Å². The molecule has 0 saturated heterocycles. The average molecular weight is 269 g/mol. The van der Waals surface area contributed by atoms with Crippen molar-refractivity contribution >= 4 is 5.91 Å². The number of H-pyrrole nitrogens is 1. The summed E-state index contributed by atoms with van der Waals surface area (Å²) in [4.78, 5) is 15.1. The lowest BCUT2D eigenvalue weighted by Gasteiger charge is -2.19. The van der Waals surface area contributed by atoms with E-state index in [-0.39, 0.29) is 11.3 Å². The fourth-order valence-electron chi connectivity index (χ4n) is 1.95. The van der Waals surface area contributed by atoms with Gasteiger partial charge >= 0.3 is 0 Å². The van der Waals surface area contributed by atoms with Crippen LogP contribution in [0.4, 0.5) is 0 Å². The minimum atomic E-state index is -0.0469. The second-order valence-corrected chi connectivity index (χ2v) is 5.92. The maximum absolute atomic E-state index is 12.1. The van der Waals surface area contributed by atoms with Crippen LogP contribution in [-0.2, 0) is 12.0 Å². The van der Waals surface area contributed by atoms with E-state index in [0.717, 1.165) is 5.56 Å². The van der Waals surface area contributed by atoms with Crippen molar-refractivity contribution in [2.45, 2.75) is 32.7 Å². The number of benzene rings is 1. The summed E-state index contributed by atoms with van der Waals surface area (Å²) in [7, 11) is 0. The zero-order chi connectivity index (χ0) is 14.6. The first-order valence-electron chi connectivity index (χ1n) is 6.80. The number of nitrogens with one attached hydrogen (secondary N) is 2. The third-order valence-corrected chi connectivity index (χ3v) is 3.24. The SMILES string of the molecule is CC(C)(C)c1ccc(C(=O)NCc2ccc[nH+]c2)cc1. The summed E-state index contributed by atoms with van der Waals surface area (Å²) in [6, 6.07) is 11.7. The molecule has 1 aromatic heterocycles. The number of carbonyl (C=O) groups is 1. The number of rotatable bonds is 3. The quantitative estimate of drug-likeness (QED) is 0.914. The molecule has 0 radical (unpaired) electrons. The summed E-state index contributed by atoms with van der Waals surface area (Å²) in [5, 5.41) is 2.91. The lowest BCUT2D eigenvalue weighted by atomic mass is 9.87. The molecule has 2 aromatic rings. The van der Waals surface area contributed by atoms with E-state index in [1.807, 2.05) is 48.8 Å². The first-order valence-corrected chi connectivity index (χ1v) is 6.80. The molecule has 0 atom stereocenters. The highest BCUT2D eigenvalue weighted by Crippen LogP contribution is 2.22. The summed E-state index contributed by atoms with van der Waals surface area (Å²) < 4.78 is 0. The van der Waals surface area contributed by atoms with Gasteiger partial charge in [-0.05, 0) is 29.2 Å². The van der Waals surface area contributed by atoms with Gasteiger partial charge in [0.25, 0.3) is 5.91 Å². The van der Waals surface area contributed by atoms with Crippen LogP contribution >= 0.6 is 0 Å². The van der Waals surface area contributed by atoms with Gasteiger partial charge in [0, 0.05) is 23.7 Å². The van der Waals surface area contributed by atoms with E-state index >= 15 is 0 Å². The molecule has 0 aliphatic carbocycles. The number of aromatic nitrogens is 1. The lowest BCUT2D eigenvalue weighted by Crippen LogP contribution is -2.23. The number of aromatic amines is 1. The largest absolute Gasteiger partial charge is 0.348 e. The summed E-state index contributed by atoms with van der Waals surface area (Å²) in [6.07, 6.45) is 3.72.